The fourth-order valence-electron chi connectivity index (χ4n) is 1.46. The second kappa shape index (κ2) is 6.55. The van der Waals surface area contributed by atoms with E-state index in [9.17, 15) is 26.7 Å². The van der Waals surface area contributed by atoms with E-state index in [2.05, 4.69) is 19.2 Å². The lowest BCUT2D eigenvalue weighted by molar-refractivity contribution is -0.276. The number of rotatable bonds is 5. The van der Waals surface area contributed by atoms with Crippen molar-refractivity contribution in [3.05, 3.63) is 17.2 Å². The van der Waals surface area contributed by atoms with E-state index in [-0.39, 0.29) is 0 Å². The Hall–Kier alpha value is -2.13. The van der Waals surface area contributed by atoms with Gasteiger partial charge in [-0.05, 0) is 5.56 Å². The maximum atomic E-state index is 13.0. The van der Waals surface area contributed by atoms with Gasteiger partial charge in [0, 0.05) is 6.07 Å². The summed E-state index contributed by atoms with van der Waals surface area (Å²) in [5.41, 5.74) is -1.57. The summed E-state index contributed by atoms with van der Waals surface area (Å²) in [5.74, 6) is -2.68. The van der Waals surface area contributed by atoms with Gasteiger partial charge in [-0.25, -0.2) is 8.78 Å². The summed E-state index contributed by atoms with van der Waals surface area (Å²) >= 11 is 0. The molecular weight excluding hydrogens is 305 g/mol. The number of methoxy groups -OCH3 is 2. The first kappa shape index (κ1) is 16.9. The molecule has 0 aliphatic carbocycles. The third-order valence-electron chi connectivity index (χ3n) is 2.29. The van der Waals surface area contributed by atoms with Crippen LogP contribution in [0.1, 0.15) is 17.6 Å². The molecule has 0 N–H and O–H groups in total. The number of hydrogen-bond donors (Lipinski definition) is 0. The molecule has 21 heavy (non-hydrogen) atoms. The maximum Gasteiger partial charge on any atom is 0.574 e. The zero-order valence-corrected chi connectivity index (χ0v) is 10.8. The number of carbonyl (C=O) groups is 1. The standard InChI is InChI=1S/C11H10F5NO4/c1-19-6-3-5(4-7(18)20-2)8(9(12)13)10(17-6)21-11(14,15)16/h3,9H,4H2,1-2H3. The van der Waals surface area contributed by atoms with E-state index in [4.69, 9.17) is 0 Å². The van der Waals surface area contributed by atoms with Crippen molar-refractivity contribution in [2.75, 3.05) is 14.2 Å². The summed E-state index contributed by atoms with van der Waals surface area (Å²) in [7, 11) is 2.08. The molecule has 10 heteroatoms. The lowest BCUT2D eigenvalue weighted by Gasteiger charge is -2.16. The van der Waals surface area contributed by atoms with Crippen molar-refractivity contribution in [2.24, 2.45) is 0 Å². The van der Waals surface area contributed by atoms with Crippen LogP contribution in [0.5, 0.6) is 11.8 Å². The quantitative estimate of drug-likeness (QED) is 0.617. The summed E-state index contributed by atoms with van der Waals surface area (Å²) in [4.78, 5) is 14.4. The van der Waals surface area contributed by atoms with Crippen LogP contribution in [-0.2, 0) is 16.0 Å². The molecule has 5 nitrogen and oxygen atoms in total. The molecule has 0 aliphatic heterocycles. The Kier molecular flexibility index (Phi) is 5.28. The van der Waals surface area contributed by atoms with Crippen LogP contribution in [0.4, 0.5) is 22.0 Å². The van der Waals surface area contributed by atoms with E-state index in [0.29, 0.717) is 0 Å². The Bertz CT molecular complexity index is 518. The third kappa shape index (κ3) is 4.72. The van der Waals surface area contributed by atoms with Gasteiger partial charge in [0.25, 0.3) is 6.43 Å². The van der Waals surface area contributed by atoms with Crippen LogP contribution >= 0.6 is 0 Å². The van der Waals surface area contributed by atoms with Gasteiger partial charge in [0.2, 0.25) is 11.8 Å². The zero-order chi connectivity index (χ0) is 16.2. The molecule has 1 heterocycles. The minimum atomic E-state index is -5.22. The summed E-state index contributed by atoms with van der Waals surface area (Å²) in [6.45, 7) is 0. The molecule has 0 aromatic carbocycles. The molecule has 0 radical (unpaired) electrons. The molecule has 0 fully saturated rings. The van der Waals surface area contributed by atoms with Crippen molar-refractivity contribution in [1.82, 2.24) is 4.98 Å². The van der Waals surface area contributed by atoms with Crippen LogP contribution in [0.15, 0.2) is 6.07 Å². The van der Waals surface area contributed by atoms with Gasteiger partial charge in [0.15, 0.2) is 0 Å². The number of ether oxygens (including phenoxy) is 3. The molecule has 1 aromatic heterocycles. The number of alkyl halides is 5. The summed E-state index contributed by atoms with van der Waals surface area (Å²) < 4.78 is 75.0. The number of aromatic nitrogens is 1. The second-order valence-electron chi connectivity index (χ2n) is 3.64. The van der Waals surface area contributed by atoms with E-state index in [1.54, 1.807) is 0 Å². The molecule has 1 rings (SSSR count). The van der Waals surface area contributed by atoms with Crippen LogP contribution in [0, 0.1) is 0 Å². The zero-order valence-electron chi connectivity index (χ0n) is 10.8. The monoisotopic (exact) mass is 315 g/mol. The molecule has 0 amide bonds. The normalized spacial score (nSPS) is 11.4. The number of hydrogen-bond acceptors (Lipinski definition) is 5. The highest BCUT2D eigenvalue weighted by molar-refractivity contribution is 5.73. The summed E-state index contributed by atoms with van der Waals surface area (Å²) in [6.07, 6.45) is -9.23. The first-order chi connectivity index (χ1) is 9.67. The average molecular weight is 315 g/mol. The first-order valence-electron chi connectivity index (χ1n) is 5.36. The molecule has 1 aromatic rings. The molecule has 0 aliphatic rings. The van der Waals surface area contributed by atoms with Crippen molar-refractivity contribution >= 4 is 5.97 Å². The van der Waals surface area contributed by atoms with Gasteiger partial charge in [-0.2, -0.15) is 4.98 Å². The molecule has 0 atom stereocenters. The Balaban J connectivity index is 3.38. The summed E-state index contributed by atoms with van der Waals surface area (Å²) in [5, 5.41) is 0. The Labute approximate surface area is 115 Å². The molecule has 0 bridgehead atoms. The minimum absolute atomic E-state index is 0.405. The van der Waals surface area contributed by atoms with Gasteiger partial charge in [-0.3, -0.25) is 4.79 Å². The maximum absolute atomic E-state index is 13.0. The fraction of sp³-hybridized carbons (Fsp3) is 0.455. The minimum Gasteiger partial charge on any atom is -0.481 e. The summed E-state index contributed by atoms with van der Waals surface area (Å²) in [6, 6.07) is 0.918. The number of carbonyl (C=O) groups excluding carboxylic acids is 1. The van der Waals surface area contributed by atoms with Gasteiger partial charge < -0.3 is 14.2 Å². The van der Waals surface area contributed by atoms with Crippen LogP contribution in [-0.4, -0.2) is 31.5 Å². The molecule has 0 spiro atoms. The lowest BCUT2D eigenvalue weighted by atomic mass is 10.1. The van der Waals surface area contributed by atoms with Gasteiger partial charge >= 0.3 is 12.3 Å². The largest absolute Gasteiger partial charge is 0.574 e. The van der Waals surface area contributed by atoms with Crippen molar-refractivity contribution in [3.8, 4) is 11.8 Å². The van der Waals surface area contributed by atoms with Crippen molar-refractivity contribution in [1.29, 1.82) is 0 Å². The van der Waals surface area contributed by atoms with E-state index >= 15 is 0 Å². The number of esters is 1. The lowest BCUT2D eigenvalue weighted by Crippen LogP contribution is -2.20. The average Bonchev–Trinajstić information content (AvgIpc) is 2.35. The van der Waals surface area contributed by atoms with Crippen molar-refractivity contribution < 1.29 is 41.0 Å². The van der Waals surface area contributed by atoms with Crippen LogP contribution in [0.2, 0.25) is 0 Å². The number of pyridine rings is 1. The SMILES string of the molecule is COC(=O)Cc1cc(OC)nc(OC(F)(F)F)c1C(F)F. The number of nitrogens with zero attached hydrogens (tertiary/aromatic N) is 1. The van der Waals surface area contributed by atoms with E-state index in [1.807, 2.05) is 0 Å². The van der Waals surface area contributed by atoms with E-state index < -0.39 is 48.1 Å². The third-order valence-corrected chi connectivity index (χ3v) is 2.29. The van der Waals surface area contributed by atoms with Gasteiger partial charge in [-0.1, -0.05) is 0 Å². The smallest absolute Gasteiger partial charge is 0.481 e. The molecular formula is C11H10F5NO4. The van der Waals surface area contributed by atoms with E-state index in [1.165, 1.54) is 0 Å². The highest BCUT2D eigenvalue weighted by Gasteiger charge is 2.35. The Morgan fingerprint density at radius 2 is 1.95 bits per heavy atom. The first-order valence-corrected chi connectivity index (χ1v) is 5.36. The highest BCUT2D eigenvalue weighted by atomic mass is 19.4. The van der Waals surface area contributed by atoms with Crippen LogP contribution < -0.4 is 9.47 Å². The van der Waals surface area contributed by atoms with Crippen LogP contribution in [0.3, 0.4) is 0 Å². The topological polar surface area (TPSA) is 57.7 Å². The van der Waals surface area contributed by atoms with Gasteiger partial charge in [0.1, 0.15) is 0 Å². The number of halogens is 5. The molecule has 0 saturated carbocycles. The van der Waals surface area contributed by atoms with E-state index in [0.717, 1.165) is 20.3 Å². The van der Waals surface area contributed by atoms with Gasteiger partial charge in [0.05, 0.1) is 26.2 Å². The molecule has 0 unspecified atom stereocenters. The predicted octanol–water partition coefficient (Wildman–Crippen LogP) is 2.64. The Morgan fingerprint density at radius 1 is 1.33 bits per heavy atom. The molecule has 118 valence electrons. The highest BCUT2D eigenvalue weighted by Crippen LogP contribution is 2.36. The van der Waals surface area contributed by atoms with Crippen LogP contribution in [0.25, 0.3) is 0 Å². The predicted molar refractivity (Wildman–Crippen MR) is 58.1 cm³/mol. The van der Waals surface area contributed by atoms with Gasteiger partial charge in [-0.15, -0.1) is 13.2 Å². The fourth-order valence-corrected chi connectivity index (χ4v) is 1.46. The van der Waals surface area contributed by atoms with Crippen molar-refractivity contribution in [3.63, 3.8) is 0 Å². The molecule has 0 saturated heterocycles. The van der Waals surface area contributed by atoms with Crippen molar-refractivity contribution in [2.45, 2.75) is 19.2 Å². The second-order valence-corrected chi connectivity index (χ2v) is 3.64. The Morgan fingerprint density at radius 3 is 2.38 bits per heavy atom.